The van der Waals surface area contributed by atoms with Crippen LogP contribution >= 0.6 is 0 Å². The lowest BCUT2D eigenvalue weighted by Crippen LogP contribution is -2.23. The lowest BCUT2D eigenvalue weighted by atomic mass is 9.92. The average molecular weight is 283 g/mol. The van der Waals surface area contributed by atoms with Gasteiger partial charge in [-0.3, -0.25) is 0 Å². The van der Waals surface area contributed by atoms with E-state index in [4.69, 9.17) is 4.74 Å². The molecule has 2 nitrogen and oxygen atoms in total. The molecule has 0 radical (unpaired) electrons. The molecule has 0 aromatic heterocycles. The average Bonchev–Trinajstić information content (AvgIpc) is 2.45. The van der Waals surface area contributed by atoms with Crippen LogP contribution in [-0.2, 0) is 0 Å². The molecule has 0 aliphatic carbocycles. The quantitative estimate of drug-likeness (QED) is 0.882. The largest absolute Gasteiger partial charge is 0.496 e. The van der Waals surface area contributed by atoms with Crippen LogP contribution in [0.25, 0.3) is 0 Å². The molecule has 2 aromatic carbocycles. The van der Waals surface area contributed by atoms with Gasteiger partial charge in [0.2, 0.25) is 0 Å². The minimum atomic E-state index is 0.222. The van der Waals surface area contributed by atoms with Crippen LogP contribution < -0.4 is 10.1 Å². The van der Waals surface area contributed by atoms with Gasteiger partial charge in [0.15, 0.2) is 0 Å². The van der Waals surface area contributed by atoms with Crippen molar-refractivity contribution in [1.29, 1.82) is 0 Å². The Morgan fingerprint density at radius 2 is 1.62 bits per heavy atom. The molecule has 0 aliphatic heterocycles. The summed E-state index contributed by atoms with van der Waals surface area (Å²) in [5, 5.41) is 3.61. The van der Waals surface area contributed by atoms with Crippen molar-refractivity contribution in [3.05, 3.63) is 64.2 Å². The van der Waals surface area contributed by atoms with E-state index in [2.05, 4.69) is 69.4 Å². The minimum Gasteiger partial charge on any atom is -0.496 e. The zero-order chi connectivity index (χ0) is 15.4. The second-order valence-corrected chi connectivity index (χ2v) is 5.54. The summed E-state index contributed by atoms with van der Waals surface area (Å²) in [5.74, 6) is 0.985. The van der Waals surface area contributed by atoms with Gasteiger partial charge in [-0.2, -0.15) is 0 Å². The predicted octanol–water partition coefficient (Wildman–Crippen LogP) is 4.32. The van der Waals surface area contributed by atoms with E-state index in [1.807, 2.05) is 0 Å². The fourth-order valence-corrected chi connectivity index (χ4v) is 2.99. The van der Waals surface area contributed by atoms with Gasteiger partial charge in [0.25, 0.3) is 0 Å². The summed E-state index contributed by atoms with van der Waals surface area (Å²) in [6.07, 6.45) is 0. The third-order valence-corrected chi connectivity index (χ3v) is 3.93. The van der Waals surface area contributed by atoms with Gasteiger partial charge in [0, 0.05) is 0 Å². The summed E-state index contributed by atoms with van der Waals surface area (Å²) in [4.78, 5) is 0. The maximum Gasteiger partial charge on any atom is 0.124 e. The SMILES string of the molecule is CCNC(c1cc(C)c(OC)c(C)c1)c1ccccc1C. The lowest BCUT2D eigenvalue weighted by Gasteiger charge is -2.23. The van der Waals surface area contributed by atoms with Gasteiger partial charge in [-0.25, -0.2) is 0 Å². The van der Waals surface area contributed by atoms with Gasteiger partial charge in [-0.15, -0.1) is 0 Å². The highest BCUT2D eigenvalue weighted by Crippen LogP contribution is 2.31. The maximum atomic E-state index is 5.48. The van der Waals surface area contributed by atoms with Crippen LogP contribution in [0.2, 0.25) is 0 Å². The normalized spacial score (nSPS) is 12.2. The van der Waals surface area contributed by atoms with E-state index in [0.717, 1.165) is 12.3 Å². The van der Waals surface area contributed by atoms with E-state index in [9.17, 15) is 0 Å². The highest BCUT2D eigenvalue weighted by atomic mass is 16.5. The van der Waals surface area contributed by atoms with Crippen molar-refractivity contribution in [2.45, 2.75) is 33.7 Å². The molecule has 2 aromatic rings. The molecule has 112 valence electrons. The van der Waals surface area contributed by atoms with Gasteiger partial charge < -0.3 is 10.1 Å². The molecule has 0 aliphatic rings. The van der Waals surface area contributed by atoms with Crippen LogP contribution in [0.5, 0.6) is 5.75 Å². The molecule has 0 heterocycles. The third-order valence-electron chi connectivity index (χ3n) is 3.93. The van der Waals surface area contributed by atoms with E-state index >= 15 is 0 Å². The topological polar surface area (TPSA) is 21.3 Å². The van der Waals surface area contributed by atoms with Crippen LogP contribution in [-0.4, -0.2) is 13.7 Å². The number of methoxy groups -OCH3 is 1. The van der Waals surface area contributed by atoms with Crippen molar-refractivity contribution in [1.82, 2.24) is 5.32 Å². The third kappa shape index (κ3) is 3.27. The first kappa shape index (κ1) is 15.6. The monoisotopic (exact) mass is 283 g/mol. The molecular weight excluding hydrogens is 258 g/mol. The van der Waals surface area contributed by atoms with Gasteiger partial charge in [0.1, 0.15) is 5.75 Å². The number of ether oxygens (including phenoxy) is 1. The van der Waals surface area contributed by atoms with Crippen LogP contribution in [0, 0.1) is 20.8 Å². The Hall–Kier alpha value is -1.80. The minimum absolute atomic E-state index is 0.222. The molecule has 2 heteroatoms. The summed E-state index contributed by atoms with van der Waals surface area (Å²) in [6, 6.07) is 13.2. The van der Waals surface area contributed by atoms with E-state index in [0.29, 0.717) is 0 Å². The van der Waals surface area contributed by atoms with E-state index in [1.54, 1.807) is 7.11 Å². The van der Waals surface area contributed by atoms with Crippen LogP contribution in [0.1, 0.15) is 40.8 Å². The number of nitrogens with one attached hydrogen (secondary N) is 1. The van der Waals surface area contributed by atoms with Crippen molar-refractivity contribution >= 4 is 0 Å². The highest BCUT2D eigenvalue weighted by molar-refractivity contribution is 5.47. The van der Waals surface area contributed by atoms with Crippen molar-refractivity contribution in [3.8, 4) is 5.75 Å². The molecule has 0 fully saturated rings. The molecule has 2 rings (SSSR count). The number of benzene rings is 2. The van der Waals surface area contributed by atoms with Gasteiger partial charge in [-0.1, -0.05) is 43.3 Å². The number of rotatable bonds is 5. The Kier molecular flexibility index (Phi) is 5.03. The Balaban J connectivity index is 2.51. The fourth-order valence-electron chi connectivity index (χ4n) is 2.99. The molecule has 1 unspecified atom stereocenters. The highest BCUT2D eigenvalue weighted by Gasteiger charge is 2.17. The zero-order valence-corrected chi connectivity index (χ0v) is 13.7. The smallest absolute Gasteiger partial charge is 0.124 e. The summed E-state index contributed by atoms with van der Waals surface area (Å²) < 4.78 is 5.48. The van der Waals surface area contributed by atoms with Crippen molar-refractivity contribution in [2.24, 2.45) is 0 Å². The molecule has 1 atom stereocenters. The Bertz CT molecular complexity index is 596. The van der Waals surface area contributed by atoms with Crippen molar-refractivity contribution < 1.29 is 4.74 Å². The molecule has 0 saturated carbocycles. The van der Waals surface area contributed by atoms with Crippen molar-refractivity contribution in [2.75, 3.05) is 13.7 Å². The molecule has 21 heavy (non-hydrogen) atoms. The van der Waals surface area contributed by atoms with E-state index in [-0.39, 0.29) is 6.04 Å². The van der Waals surface area contributed by atoms with Gasteiger partial charge in [0.05, 0.1) is 13.2 Å². The maximum absolute atomic E-state index is 5.48. The number of hydrogen-bond donors (Lipinski definition) is 1. The predicted molar refractivity (Wildman–Crippen MR) is 89.2 cm³/mol. The Morgan fingerprint density at radius 3 is 2.14 bits per heavy atom. The fraction of sp³-hybridized carbons (Fsp3) is 0.368. The number of aryl methyl sites for hydroxylation is 3. The first-order valence-corrected chi connectivity index (χ1v) is 7.52. The van der Waals surface area contributed by atoms with Crippen LogP contribution in [0.15, 0.2) is 36.4 Å². The second-order valence-electron chi connectivity index (χ2n) is 5.54. The van der Waals surface area contributed by atoms with Gasteiger partial charge >= 0.3 is 0 Å². The second kappa shape index (κ2) is 6.77. The van der Waals surface area contributed by atoms with E-state index < -0.39 is 0 Å². The molecule has 0 amide bonds. The summed E-state index contributed by atoms with van der Waals surface area (Å²) >= 11 is 0. The number of hydrogen-bond acceptors (Lipinski definition) is 2. The van der Waals surface area contributed by atoms with E-state index in [1.165, 1.54) is 27.8 Å². The standard InChI is InChI=1S/C19H25NO/c1-6-20-18(17-10-8-7-9-13(17)2)16-11-14(3)19(21-5)15(4)12-16/h7-12,18,20H,6H2,1-5H3. The first-order valence-electron chi connectivity index (χ1n) is 7.52. The Morgan fingerprint density at radius 1 is 1.00 bits per heavy atom. The summed E-state index contributed by atoms with van der Waals surface area (Å²) in [5.41, 5.74) is 6.31. The Labute approximate surface area is 128 Å². The van der Waals surface area contributed by atoms with Gasteiger partial charge in [-0.05, 0) is 55.1 Å². The molecule has 1 N–H and O–H groups in total. The zero-order valence-electron chi connectivity index (χ0n) is 13.7. The molecule has 0 spiro atoms. The van der Waals surface area contributed by atoms with Crippen LogP contribution in [0.3, 0.4) is 0 Å². The molecular formula is C19H25NO. The summed E-state index contributed by atoms with van der Waals surface area (Å²) in [6.45, 7) is 9.47. The molecule has 0 bridgehead atoms. The van der Waals surface area contributed by atoms with Crippen LogP contribution in [0.4, 0.5) is 0 Å². The molecule has 0 saturated heterocycles. The first-order chi connectivity index (χ1) is 10.1. The van der Waals surface area contributed by atoms with Crippen molar-refractivity contribution in [3.63, 3.8) is 0 Å². The lowest BCUT2D eigenvalue weighted by molar-refractivity contribution is 0.408. The summed E-state index contributed by atoms with van der Waals surface area (Å²) in [7, 11) is 1.73.